The van der Waals surface area contributed by atoms with Crippen LogP contribution in [0.5, 0.6) is 0 Å². The van der Waals surface area contributed by atoms with Gasteiger partial charge in [-0.25, -0.2) is 4.39 Å². The predicted octanol–water partition coefficient (Wildman–Crippen LogP) is 1.08. The normalized spacial score (nSPS) is 27.6. The first-order valence-corrected chi connectivity index (χ1v) is 6.06. The molecule has 0 aliphatic carbocycles. The fourth-order valence-corrected chi connectivity index (χ4v) is 2.22. The Bertz CT molecular complexity index is 315. The summed E-state index contributed by atoms with van der Waals surface area (Å²) in [5.41, 5.74) is 0. The Kier molecular flexibility index (Phi) is 4.88. The molecule has 1 N–H and O–H groups in total. The van der Waals surface area contributed by atoms with Crippen molar-refractivity contribution in [1.29, 1.82) is 5.26 Å². The number of likely N-dealkylation sites (tertiary alicyclic amines) is 1. The minimum absolute atomic E-state index is 0.0473. The molecule has 0 bridgehead atoms. The molecule has 96 valence electrons. The molecule has 0 radical (unpaired) electrons. The lowest BCUT2D eigenvalue weighted by Gasteiger charge is -2.28. The number of hydrogen-bond acceptors (Lipinski definition) is 3. The lowest BCUT2D eigenvalue weighted by Crippen LogP contribution is -2.50. The number of nitrogens with one attached hydrogen (secondary N) is 1. The van der Waals surface area contributed by atoms with Gasteiger partial charge in [-0.05, 0) is 13.0 Å². The van der Waals surface area contributed by atoms with Crippen molar-refractivity contribution in [3.05, 3.63) is 0 Å². The Morgan fingerprint density at radius 2 is 2.35 bits per heavy atom. The van der Waals surface area contributed by atoms with Gasteiger partial charge in [-0.1, -0.05) is 20.3 Å². The summed E-state index contributed by atoms with van der Waals surface area (Å²) in [6, 6.07) is 1.05. The molecule has 4 nitrogen and oxygen atoms in total. The number of halogens is 1. The Labute approximate surface area is 102 Å². The second-order valence-corrected chi connectivity index (χ2v) is 4.62. The van der Waals surface area contributed by atoms with Gasteiger partial charge in [-0.2, -0.15) is 5.26 Å². The Morgan fingerprint density at radius 3 is 2.82 bits per heavy atom. The number of carbonyl (C=O) groups is 1. The minimum Gasteiger partial charge on any atom is -0.322 e. The topological polar surface area (TPSA) is 56.1 Å². The van der Waals surface area contributed by atoms with Gasteiger partial charge in [0.2, 0.25) is 5.91 Å². The van der Waals surface area contributed by atoms with Crippen LogP contribution in [0.2, 0.25) is 0 Å². The second kappa shape index (κ2) is 5.97. The van der Waals surface area contributed by atoms with Crippen molar-refractivity contribution in [3.8, 4) is 6.07 Å². The third-order valence-electron chi connectivity index (χ3n) is 3.47. The molecule has 0 unspecified atom stereocenters. The summed E-state index contributed by atoms with van der Waals surface area (Å²) in [7, 11) is 1.72. The number of nitrogens with zero attached hydrogens (tertiary/aromatic N) is 2. The number of rotatable bonds is 4. The highest BCUT2D eigenvalue weighted by molar-refractivity contribution is 5.83. The van der Waals surface area contributed by atoms with Crippen LogP contribution in [-0.2, 0) is 4.79 Å². The van der Waals surface area contributed by atoms with Crippen LogP contribution in [0.1, 0.15) is 26.7 Å². The highest BCUT2D eigenvalue weighted by atomic mass is 19.1. The van der Waals surface area contributed by atoms with Crippen molar-refractivity contribution in [3.63, 3.8) is 0 Å². The minimum atomic E-state index is -1.07. The molecule has 1 amide bonds. The third-order valence-corrected chi connectivity index (χ3v) is 3.47. The molecule has 0 aromatic carbocycles. The molecule has 5 heteroatoms. The first-order valence-electron chi connectivity index (χ1n) is 6.06. The van der Waals surface area contributed by atoms with Gasteiger partial charge in [0.25, 0.3) is 0 Å². The predicted molar refractivity (Wildman–Crippen MR) is 62.9 cm³/mol. The van der Waals surface area contributed by atoms with Crippen molar-refractivity contribution in [1.82, 2.24) is 10.2 Å². The molecule has 1 aliphatic heterocycles. The summed E-state index contributed by atoms with van der Waals surface area (Å²) in [6.07, 6.45) is -0.0707. The van der Waals surface area contributed by atoms with E-state index in [4.69, 9.17) is 5.26 Å². The van der Waals surface area contributed by atoms with Crippen LogP contribution in [-0.4, -0.2) is 42.7 Å². The van der Waals surface area contributed by atoms with Gasteiger partial charge in [0.05, 0.1) is 18.7 Å². The summed E-state index contributed by atoms with van der Waals surface area (Å²) in [5, 5.41) is 11.9. The Morgan fingerprint density at radius 1 is 1.71 bits per heavy atom. The van der Waals surface area contributed by atoms with Gasteiger partial charge in [-0.3, -0.25) is 4.79 Å². The van der Waals surface area contributed by atoms with E-state index in [9.17, 15) is 9.18 Å². The maximum absolute atomic E-state index is 13.3. The van der Waals surface area contributed by atoms with Crippen molar-refractivity contribution in [2.45, 2.75) is 44.9 Å². The molecule has 0 aromatic rings. The molecule has 1 aliphatic rings. The van der Waals surface area contributed by atoms with Gasteiger partial charge in [0.1, 0.15) is 12.2 Å². The smallest absolute Gasteiger partial charge is 0.241 e. The van der Waals surface area contributed by atoms with Gasteiger partial charge < -0.3 is 10.2 Å². The van der Waals surface area contributed by atoms with E-state index < -0.39 is 12.2 Å². The number of alkyl halides is 1. The van der Waals surface area contributed by atoms with Gasteiger partial charge in [0, 0.05) is 6.42 Å². The van der Waals surface area contributed by atoms with E-state index in [1.807, 2.05) is 19.9 Å². The molecular weight excluding hydrogens is 221 g/mol. The van der Waals surface area contributed by atoms with Crippen LogP contribution in [0.3, 0.4) is 0 Å². The summed E-state index contributed by atoms with van der Waals surface area (Å²) in [5.74, 6) is 0.0130. The van der Waals surface area contributed by atoms with E-state index in [0.29, 0.717) is 0 Å². The summed E-state index contributed by atoms with van der Waals surface area (Å²) < 4.78 is 13.3. The number of nitriles is 1. The molecule has 0 aromatic heterocycles. The molecule has 1 heterocycles. The average Bonchev–Trinajstić information content (AvgIpc) is 2.70. The molecule has 1 rings (SSSR count). The van der Waals surface area contributed by atoms with Gasteiger partial charge in [-0.15, -0.1) is 0 Å². The highest BCUT2D eigenvalue weighted by Gasteiger charge is 2.38. The van der Waals surface area contributed by atoms with Crippen molar-refractivity contribution >= 4 is 5.91 Å². The number of hydrogen-bond donors (Lipinski definition) is 1. The number of likely N-dealkylation sites (N-methyl/N-ethyl adjacent to an activating group) is 1. The van der Waals surface area contributed by atoms with Crippen molar-refractivity contribution in [2.24, 2.45) is 5.92 Å². The fraction of sp³-hybridized carbons (Fsp3) is 0.833. The fourth-order valence-electron chi connectivity index (χ4n) is 2.22. The van der Waals surface area contributed by atoms with E-state index in [-0.39, 0.29) is 30.8 Å². The zero-order valence-electron chi connectivity index (χ0n) is 10.6. The monoisotopic (exact) mass is 241 g/mol. The van der Waals surface area contributed by atoms with Gasteiger partial charge in [0.15, 0.2) is 0 Å². The van der Waals surface area contributed by atoms with Crippen LogP contribution in [0.4, 0.5) is 4.39 Å². The van der Waals surface area contributed by atoms with Crippen LogP contribution < -0.4 is 5.32 Å². The maximum Gasteiger partial charge on any atom is 0.241 e. The first-order chi connectivity index (χ1) is 8.04. The molecule has 0 saturated carbocycles. The van der Waals surface area contributed by atoms with E-state index in [0.717, 1.165) is 6.42 Å². The van der Waals surface area contributed by atoms with Crippen LogP contribution >= 0.6 is 0 Å². The zero-order chi connectivity index (χ0) is 13.0. The lowest BCUT2D eigenvalue weighted by molar-refractivity contribution is -0.134. The highest BCUT2D eigenvalue weighted by Crippen LogP contribution is 2.22. The van der Waals surface area contributed by atoms with Crippen LogP contribution in [0, 0.1) is 17.2 Å². The maximum atomic E-state index is 13.3. The third kappa shape index (κ3) is 2.95. The number of amides is 1. The quantitative estimate of drug-likeness (QED) is 0.801. The van der Waals surface area contributed by atoms with Crippen molar-refractivity contribution in [2.75, 3.05) is 13.6 Å². The summed E-state index contributed by atoms with van der Waals surface area (Å²) in [6.45, 7) is 4.03. The average molecular weight is 241 g/mol. The van der Waals surface area contributed by atoms with E-state index in [1.165, 1.54) is 4.90 Å². The SMILES string of the molecule is CC[C@H](C)[C@H](NC)C(=O)N1C[C@@H](F)C[C@H]1C#N. The number of carbonyl (C=O) groups excluding carboxylic acids is 1. The Balaban J connectivity index is 2.77. The molecule has 4 atom stereocenters. The molecule has 1 saturated heterocycles. The van der Waals surface area contributed by atoms with E-state index >= 15 is 0 Å². The largest absolute Gasteiger partial charge is 0.322 e. The molecule has 1 fully saturated rings. The molecule has 0 spiro atoms. The lowest BCUT2D eigenvalue weighted by atomic mass is 9.98. The molecule has 17 heavy (non-hydrogen) atoms. The van der Waals surface area contributed by atoms with Crippen LogP contribution in [0.25, 0.3) is 0 Å². The van der Waals surface area contributed by atoms with E-state index in [2.05, 4.69) is 5.32 Å². The summed E-state index contributed by atoms with van der Waals surface area (Å²) in [4.78, 5) is 13.6. The second-order valence-electron chi connectivity index (χ2n) is 4.62. The first kappa shape index (κ1) is 13.9. The summed E-state index contributed by atoms with van der Waals surface area (Å²) >= 11 is 0. The standard InChI is InChI=1S/C12H20FN3O/c1-4-8(2)11(15-3)12(17)16-7-9(13)5-10(16)6-14/h8-11,15H,4-5,7H2,1-3H3/t8-,9-,10-,11-/m0/s1. The van der Waals surface area contributed by atoms with Crippen LogP contribution in [0.15, 0.2) is 0 Å². The Hall–Kier alpha value is -1.15. The van der Waals surface area contributed by atoms with E-state index in [1.54, 1.807) is 7.05 Å². The van der Waals surface area contributed by atoms with Crippen molar-refractivity contribution < 1.29 is 9.18 Å². The van der Waals surface area contributed by atoms with Gasteiger partial charge >= 0.3 is 0 Å². The zero-order valence-corrected chi connectivity index (χ0v) is 10.6. The molecular formula is C12H20FN3O.